The number of halogens is 1. The molecule has 1 aliphatic carbocycles. The summed E-state index contributed by atoms with van der Waals surface area (Å²) in [5, 5.41) is 12.9. The molecule has 28 heavy (non-hydrogen) atoms. The molecule has 1 unspecified atom stereocenters. The van der Waals surface area contributed by atoms with Gasteiger partial charge in [0.15, 0.2) is 15.7 Å². The Morgan fingerprint density at radius 2 is 2.21 bits per heavy atom. The molecule has 0 saturated carbocycles. The Bertz CT molecular complexity index is 1090. The van der Waals surface area contributed by atoms with Crippen LogP contribution in [0.25, 0.3) is 0 Å². The van der Waals surface area contributed by atoms with Crippen LogP contribution in [-0.4, -0.2) is 33.8 Å². The number of aryl methyl sites for hydroxylation is 2. The minimum Gasteiger partial charge on any atom is -0.305 e. The van der Waals surface area contributed by atoms with Crippen molar-refractivity contribution in [2.24, 2.45) is 9.50 Å². The summed E-state index contributed by atoms with van der Waals surface area (Å²) in [4.78, 5) is 17.4. The Hall–Kier alpha value is -2.11. The fourth-order valence-corrected chi connectivity index (χ4v) is 6.72. The molecule has 0 bridgehead atoms. The normalized spacial score (nSPS) is 17.9. The van der Waals surface area contributed by atoms with Crippen molar-refractivity contribution >= 4 is 35.7 Å². The zero-order valence-electron chi connectivity index (χ0n) is 15.8. The van der Waals surface area contributed by atoms with E-state index in [9.17, 15) is 13.4 Å². The number of rotatable bonds is 3. The van der Waals surface area contributed by atoms with Crippen molar-refractivity contribution in [3.05, 3.63) is 28.8 Å². The number of hydrogen-bond donors (Lipinski definition) is 2. The Morgan fingerprint density at radius 1 is 1.43 bits per heavy atom. The van der Waals surface area contributed by atoms with E-state index >= 15 is 0 Å². The molecule has 3 heterocycles. The average molecular weight is 422 g/mol. The number of pyridine rings is 1. The molecule has 0 aromatic carbocycles. The first-order valence-electron chi connectivity index (χ1n) is 9.26. The number of urea groups is 1. The van der Waals surface area contributed by atoms with Crippen LogP contribution in [0.3, 0.4) is 0 Å². The van der Waals surface area contributed by atoms with Gasteiger partial charge in [0, 0.05) is 17.6 Å². The minimum absolute atomic E-state index is 0.384. The first kappa shape index (κ1) is 19.2. The van der Waals surface area contributed by atoms with Crippen molar-refractivity contribution in [2.45, 2.75) is 56.8 Å². The molecule has 11 heteroatoms. The maximum atomic E-state index is 14.0. The second kappa shape index (κ2) is 7.05. The highest BCUT2D eigenvalue weighted by molar-refractivity contribution is 7.91. The van der Waals surface area contributed by atoms with E-state index in [1.165, 1.54) is 4.68 Å². The van der Waals surface area contributed by atoms with Gasteiger partial charge in [0.2, 0.25) is 5.03 Å². The second-order valence-corrected chi connectivity index (χ2v) is 11.3. The van der Waals surface area contributed by atoms with Crippen molar-refractivity contribution in [2.75, 3.05) is 5.32 Å². The highest BCUT2D eigenvalue weighted by Gasteiger charge is 2.31. The smallest absolute Gasteiger partial charge is 0.305 e. The zero-order valence-corrected chi connectivity index (χ0v) is 17.6. The maximum Gasteiger partial charge on any atom is 0.354 e. The van der Waals surface area contributed by atoms with Crippen molar-refractivity contribution in [1.29, 1.82) is 0 Å². The molecule has 0 spiro atoms. The fraction of sp³-hybridized carbons (Fsp3) is 0.471. The van der Waals surface area contributed by atoms with Gasteiger partial charge in [-0.15, -0.1) is 4.36 Å². The molecule has 2 amide bonds. The molecule has 1 atom stereocenters. The third-order valence-electron chi connectivity index (χ3n) is 5.22. The van der Waals surface area contributed by atoms with Crippen molar-refractivity contribution in [1.82, 2.24) is 14.8 Å². The number of nitrogens with one attached hydrogen (secondary N) is 1. The lowest BCUT2D eigenvalue weighted by Gasteiger charge is -2.15. The number of amides is 2. The molecular formula is C17H22FN6O2SSi. The van der Waals surface area contributed by atoms with Crippen molar-refractivity contribution in [3.8, 4) is 0 Å². The molecule has 2 aliphatic rings. The topological polar surface area (TPSA) is 115 Å². The Kier molecular flexibility index (Phi) is 4.84. The van der Waals surface area contributed by atoms with Crippen LogP contribution in [-0.2, 0) is 35.7 Å². The summed E-state index contributed by atoms with van der Waals surface area (Å²) in [6.45, 7) is 4.36. The quantitative estimate of drug-likeness (QED) is 0.735. The van der Waals surface area contributed by atoms with Crippen molar-refractivity contribution < 1.29 is 13.4 Å². The van der Waals surface area contributed by atoms with E-state index in [0.29, 0.717) is 6.54 Å². The van der Waals surface area contributed by atoms with E-state index < -0.39 is 35.6 Å². The predicted molar refractivity (Wildman–Crippen MR) is 106 cm³/mol. The van der Waals surface area contributed by atoms with E-state index in [0.717, 1.165) is 65.7 Å². The molecule has 0 saturated heterocycles. The number of carbonyl (C=O) groups excluding carboxylic acids is 1. The Morgan fingerprint density at radius 3 is 2.93 bits per heavy atom. The lowest BCUT2D eigenvalue weighted by molar-refractivity contribution is 0.260. The van der Waals surface area contributed by atoms with Gasteiger partial charge in [-0.25, -0.2) is 18.5 Å². The number of nitrogens with two attached hydrogens (primary N) is 1. The fourth-order valence-electron chi connectivity index (χ4n) is 3.84. The predicted octanol–water partition coefficient (Wildman–Crippen LogP) is 1.75. The molecule has 1 aliphatic heterocycles. The standard InChI is InChI=1S/C17H22FN6O2SSi/c1-3-24-9-12(18)15(22-24)27(19,26)23-17(25)21-14-10-5-4-6-13(10)20-16-11(14)7-8-28(16)2/h9H,3-8H2,1-2H3,(H3,19,20,21,23,25,26). The molecule has 8 nitrogen and oxygen atoms in total. The lowest BCUT2D eigenvalue weighted by atomic mass is 10.1. The number of hydrogen-bond acceptors (Lipinski definition) is 4. The molecule has 3 N–H and O–H groups in total. The van der Waals surface area contributed by atoms with Gasteiger partial charge in [-0.1, -0.05) is 6.55 Å². The van der Waals surface area contributed by atoms with Crippen molar-refractivity contribution in [3.63, 3.8) is 0 Å². The summed E-state index contributed by atoms with van der Waals surface area (Å²) in [6.07, 6.45) is 4.67. The van der Waals surface area contributed by atoms with E-state index in [4.69, 9.17) is 10.1 Å². The van der Waals surface area contributed by atoms with E-state index in [-0.39, 0.29) is 0 Å². The Balaban J connectivity index is 1.70. The summed E-state index contributed by atoms with van der Waals surface area (Å²) in [7, 11) is -4.50. The van der Waals surface area contributed by atoms with E-state index in [1.807, 2.05) is 0 Å². The van der Waals surface area contributed by atoms with Crippen LogP contribution in [0.1, 0.15) is 30.2 Å². The summed E-state index contributed by atoms with van der Waals surface area (Å²) >= 11 is 0. The maximum absolute atomic E-state index is 14.0. The molecule has 149 valence electrons. The van der Waals surface area contributed by atoms with Crippen LogP contribution in [0.4, 0.5) is 14.9 Å². The van der Waals surface area contributed by atoms with Crippen LogP contribution < -0.4 is 15.8 Å². The summed E-state index contributed by atoms with van der Waals surface area (Å²) in [5.41, 5.74) is 3.86. The van der Waals surface area contributed by atoms with Gasteiger partial charge in [0.05, 0.1) is 11.9 Å². The van der Waals surface area contributed by atoms with Crippen LogP contribution in [0.5, 0.6) is 0 Å². The van der Waals surface area contributed by atoms with Gasteiger partial charge in [0.1, 0.15) is 8.80 Å². The van der Waals surface area contributed by atoms with Gasteiger partial charge in [-0.2, -0.15) is 5.10 Å². The largest absolute Gasteiger partial charge is 0.354 e. The molecule has 0 fully saturated rings. The molecule has 2 aromatic heterocycles. The number of carbonyl (C=O) groups is 1. The molecule has 4 rings (SSSR count). The van der Waals surface area contributed by atoms with Crippen LogP contribution in [0.2, 0.25) is 12.6 Å². The summed E-state index contributed by atoms with van der Waals surface area (Å²) in [6, 6.07) is 0.223. The van der Waals surface area contributed by atoms with Crippen LogP contribution >= 0.6 is 0 Å². The average Bonchev–Trinajstić information content (AvgIpc) is 3.33. The SMILES string of the molecule is CCn1cc(F)c(S(N)(=O)=NC(=O)Nc2c3c(nc4c2CC[Si]4C)CCC3)n1. The molecule has 1 radical (unpaired) electrons. The van der Waals surface area contributed by atoms with E-state index in [1.54, 1.807) is 6.92 Å². The summed E-state index contributed by atoms with van der Waals surface area (Å²) < 4.78 is 31.6. The number of aromatic nitrogens is 3. The second-order valence-electron chi connectivity index (χ2n) is 7.10. The van der Waals surface area contributed by atoms with Gasteiger partial charge in [0.25, 0.3) is 0 Å². The monoisotopic (exact) mass is 421 g/mol. The third-order valence-corrected chi connectivity index (χ3v) is 8.71. The first-order chi connectivity index (χ1) is 13.3. The number of anilines is 1. The molecular weight excluding hydrogens is 399 g/mol. The first-order valence-corrected chi connectivity index (χ1v) is 13.0. The Labute approximate surface area is 164 Å². The minimum atomic E-state index is -3.79. The highest BCUT2D eigenvalue weighted by Crippen LogP contribution is 2.33. The van der Waals surface area contributed by atoms with Gasteiger partial charge < -0.3 is 5.32 Å². The number of nitrogens with zero attached hydrogens (tertiary/aromatic N) is 4. The third kappa shape index (κ3) is 3.27. The summed E-state index contributed by atoms with van der Waals surface area (Å²) in [5.74, 6) is -0.838. The van der Waals surface area contributed by atoms with Gasteiger partial charge >= 0.3 is 6.03 Å². The van der Waals surface area contributed by atoms with Crippen LogP contribution in [0, 0.1) is 5.82 Å². The number of fused-ring (bicyclic) bond motifs is 2. The lowest BCUT2D eigenvalue weighted by Crippen LogP contribution is -2.29. The zero-order chi connectivity index (χ0) is 20.1. The molecule has 2 aromatic rings. The van der Waals surface area contributed by atoms with Gasteiger partial charge in [-0.3, -0.25) is 9.67 Å². The highest BCUT2D eigenvalue weighted by atomic mass is 32.2. The van der Waals surface area contributed by atoms with E-state index in [2.05, 4.69) is 21.3 Å². The van der Waals surface area contributed by atoms with Gasteiger partial charge in [-0.05, 0) is 49.8 Å². The van der Waals surface area contributed by atoms with Crippen LogP contribution in [0.15, 0.2) is 15.6 Å².